The first-order valence-corrected chi connectivity index (χ1v) is 10.4. The van der Waals surface area contributed by atoms with Crippen LogP contribution in [-0.2, 0) is 29.4 Å². The van der Waals surface area contributed by atoms with Crippen LogP contribution in [0.2, 0.25) is 0 Å². The number of halogens is 3. The third kappa shape index (κ3) is 3.48. The van der Waals surface area contributed by atoms with Crippen molar-refractivity contribution in [2.24, 2.45) is 7.05 Å². The normalized spacial score (nSPS) is 16.0. The second-order valence-corrected chi connectivity index (χ2v) is 8.80. The van der Waals surface area contributed by atoms with Crippen molar-refractivity contribution in [3.05, 3.63) is 41.7 Å². The molecule has 10 heteroatoms. The van der Waals surface area contributed by atoms with Crippen molar-refractivity contribution in [1.82, 2.24) is 14.5 Å². The van der Waals surface area contributed by atoms with Gasteiger partial charge in [-0.15, -0.1) is 0 Å². The number of fused-ring (bicyclic) bond motifs is 1. The van der Waals surface area contributed by atoms with Crippen molar-refractivity contribution in [1.29, 1.82) is 5.26 Å². The van der Waals surface area contributed by atoms with Crippen molar-refractivity contribution < 1.29 is 22.9 Å². The molecule has 2 aromatic heterocycles. The zero-order valence-corrected chi connectivity index (χ0v) is 17.1. The predicted molar refractivity (Wildman–Crippen MR) is 106 cm³/mol. The number of hydrogen-bond donors (Lipinski definition) is 0. The second kappa shape index (κ2) is 7.49. The van der Waals surface area contributed by atoms with Crippen LogP contribution >= 0.6 is 0 Å². The molecule has 2 heterocycles. The lowest BCUT2D eigenvalue weighted by molar-refractivity contribution is -0.141. The van der Waals surface area contributed by atoms with Gasteiger partial charge in [-0.3, -0.25) is 4.21 Å². The van der Waals surface area contributed by atoms with Gasteiger partial charge in [0.05, 0.1) is 44.4 Å². The van der Waals surface area contributed by atoms with Crippen LogP contribution in [0.25, 0.3) is 22.4 Å². The van der Waals surface area contributed by atoms with E-state index in [0.29, 0.717) is 27.6 Å². The fraction of sp³-hybridized carbons (Fsp3) is 0.350. The largest absolute Gasteiger partial charge is 0.433 e. The summed E-state index contributed by atoms with van der Waals surface area (Å²) in [6, 6.07) is 8.61. The van der Waals surface area contributed by atoms with Gasteiger partial charge in [0, 0.05) is 18.4 Å². The van der Waals surface area contributed by atoms with Crippen molar-refractivity contribution in [3.63, 3.8) is 0 Å². The lowest BCUT2D eigenvalue weighted by Crippen LogP contribution is -2.07. The number of hydrogen-bond acceptors (Lipinski definition) is 4. The van der Waals surface area contributed by atoms with E-state index in [2.05, 4.69) is 16.0 Å². The number of aromatic nitrogens is 3. The van der Waals surface area contributed by atoms with Crippen LogP contribution in [0.5, 0.6) is 0 Å². The molecule has 158 valence electrons. The lowest BCUT2D eigenvalue weighted by Gasteiger charge is -2.13. The Balaban J connectivity index is 0.00000256. The molecule has 0 amide bonds. The summed E-state index contributed by atoms with van der Waals surface area (Å²) in [5, 5.41) is 9.47. The maximum Gasteiger partial charge on any atom is 0.433 e. The highest BCUT2D eigenvalue weighted by Gasteiger charge is 2.45. The van der Waals surface area contributed by atoms with E-state index in [4.69, 9.17) is 0 Å². The van der Waals surface area contributed by atoms with E-state index in [0.717, 1.165) is 30.7 Å². The van der Waals surface area contributed by atoms with Crippen LogP contribution in [-0.4, -0.2) is 30.0 Å². The Morgan fingerprint density at radius 3 is 2.57 bits per heavy atom. The van der Waals surface area contributed by atoms with E-state index in [-0.39, 0.29) is 11.0 Å². The van der Waals surface area contributed by atoms with Crippen LogP contribution < -0.4 is 0 Å². The molecule has 0 saturated heterocycles. The Morgan fingerprint density at radius 2 is 2.00 bits per heavy atom. The summed E-state index contributed by atoms with van der Waals surface area (Å²) in [6.45, 7) is 1.79. The summed E-state index contributed by atoms with van der Waals surface area (Å²) in [5.41, 5.74) is 0.476. The highest BCUT2D eigenvalue weighted by atomic mass is 32.2. The molecule has 6 nitrogen and oxygen atoms in total. The summed E-state index contributed by atoms with van der Waals surface area (Å²) in [6.07, 6.45) is -1.88. The van der Waals surface area contributed by atoms with Gasteiger partial charge in [0.1, 0.15) is 11.5 Å². The number of benzene rings is 1. The molecule has 1 fully saturated rings. The third-order valence-corrected chi connectivity index (χ3v) is 6.66. The first-order chi connectivity index (χ1) is 13.7. The van der Waals surface area contributed by atoms with Crippen molar-refractivity contribution in [3.8, 4) is 17.5 Å². The maximum absolute atomic E-state index is 13.0. The number of pyridine rings is 1. The molecule has 0 aliphatic heterocycles. The Hall–Kier alpha value is -2.77. The minimum atomic E-state index is -4.56. The molecular formula is C20H19F3N4O2S. The standard InChI is InChI=1S/C20H17F3N4OS.H2O/c1-3-29(28)16-8-12(19(11-24)6-7-19)4-5-13(16)18-26-14-9-17(20(21,22)23)25-10-15(14)27(18)2;/h4-5,8-10H,3,6-7H2,1-2H3;1H2. The van der Waals surface area contributed by atoms with Gasteiger partial charge in [-0.05, 0) is 36.6 Å². The monoisotopic (exact) mass is 436 g/mol. The Morgan fingerprint density at radius 1 is 1.30 bits per heavy atom. The molecule has 2 N–H and O–H groups in total. The number of rotatable bonds is 4. The van der Waals surface area contributed by atoms with Crippen LogP contribution in [0.1, 0.15) is 31.0 Å². The second-order valence-electron chi connectivity index (χ2n) is 7.09. The Labute approximate surface area is 173 Å². The average molecular weight is 436 g/mol. The van der Waals surface area contributed by atoms with Gasteiger partial charge in [-0.2, -0.15) is 18.4 Å². The first-order valence-electron chi connectivity index (χ1n) is 9.04. The molecule has 1 atom stereocenters. The molecule has 30 heavy (non-hydrogen) atoms. The first kappa shape index (κ1) is 21.9. The quantitative estimate of drug-likeness (QED) is 0.624. The highest BCUT2D eigenvalue weighted by Crippen LogP contribution is 2.48. The number of nitriles is 1. The SMILES string of the molecule is CCS(=O)c1cc(C2(C#N)CC2)ccc1-c1nc2cc(C(F)(F)F)ncc2n1C.O. The van der Waals surface area contributed by atoms with Crippen LogP contribution in [0, 0.1) is 11.3 Å². The van der Waals surface area contributed by atoms with E-state index in [1.165, 1.54) is 0 Å². The van der Waals surface area contributed by atoms with E-state index in [9.17, 15) is 22.6 Å². The topological polar surface area (TPSA) is 103 Å². The molecule has 0 radical (unpaired) electrons. The molecule has 4 rings (SSSR count). The summed E-state index contributed by atoms with van der Waals surface area (Å²) < 4.78 is 53.4. The minimum absolute atomic E-state index is 0. The molecule has 1 unspecified atom stereocenters. The zero-order chi connectivity index (χ0) is 21.0. The van der Waals surface area contributed by atoms with Crippen molar-refractivity contribution in [2.75, 3.05) is 5.75 Å². The summed E-state index contributed by atoms with van der Waals surface area (Å²) in [4.78, 5) is 8.42. The predicted octanol–water partition coefficient (Wildman–Crippen LogP) is 3.51. The van der Waals surface area contributed by atoms with E-state index in [1.54, 1.807) is 30.7 Å². The van der Waals surface area contributed by atoms with Gasteiger partial charge in [-0.1, -0.05) is 13.0 Å². The number of imidazole rings is 1. The summed E-state index contributed by atoms with van der Waals surface area (Å²) in [7, 11) is 0.356. The van der Waals surface area contributed by atoms with Gasteiger partial charge in [0.15, 0.2) is 0 Å². The van der Waals surface area contributed by atoms with Crippen LogP contribution in [0.3, 0.4) is 0 Å². The number of alkyl halides is 3. The van der Waals surface area contributed by atoms with Gasteiger partial charge in [0.2, 0.25) is 0 Å². The van der Waals surface area contributed by atoms with Gasteiger partial charge in [-0.25, -0.2) is 9.97 Å². The molecule has 1 saturated carbocycles. The summed E-state index contributed by atoms with van der Waals surface area (Å²) >= 11 is 0. The van der Waals surface area contributed by atoms with Crippen LogP contribution in [0.15, 0.2) is 35.4 Å². The highest BCUT2D eigenvalue weighted by molar-refractivity contribution is 7.85. The molecule has 0 spiro atoms. The molecule has 1 aliphatic carbocycles. The average Bonchev–Trinajstić information content (AvgIpc) is 3.44. The van der Waals surface area contributed by atoms with E-state index < -0.39 is 28.1 Å². The van der Waals surface area contributed by atoms with Gasteiger partial charge < -0.3 is 10.0 Å². The Kier molecular flexibility index (Phi) is 5.47. The van der Waals surface area contributed by atoms with Crippen molar-refractivity contribution in [2.45, 2.75) is 36.3 Å². The van der Waals surface area contributed by atoms with E-state index >= 15 is 0 Å². The third-order valence-electron chi connectivity index (χ3n) is 5.30. The molecule has 0 bridgehead atoms. The van der Waals surface area contributed by atoms with E-state index in [1.807, 2.05) is 6.07 Å². The molecular weight excluding hydrogens is 417 g/mol. The molecule has 1 aromatic carbocycles. The molecule has 1 aliphatic rings. The number of aryl methyl sites for hydroxylation is 1. The Bertz CT molecular complexity index is 1190. The zero-order valence-electron chi connectivity index (χ0n) is 16.2. The van der Waals surface area contributed by atoms with Crippen LogP contribution in [0.4, 0.5) is 13.2 Å². The smallest absolute Gasteiger partial charge is 0.412 e. The van der Waals surface area contributed by atoms with Crippen molar-refractivity contribution >= 4 is 21.8 Å². The van der Waals surface area contributed by atoms with Gasteiger partial charge in [0.25, 0.3) is 0 Å². The minimum Gasteiger partial charge on any atom is -0.412 e. The lowest BCUT2D eigenvalue weighted by atomic mass is 9.96. The van der Waals surface area contributed by atoms with Gasteiger partial charge >= 0.3 is 6.18 Å². The summed E-state index contributed by atoms with van der Waals surface area (Å²) in [5.74, 6) is 0.783. The fourth-order valence-corrected chi connectivity index (χ4v) is 4.40. The maximum atomic E-state index is 13.0. The fourth-order valence-electron chi connectivity index (χ4n) is 3.42. The number of nitrogens with zero attached hydrogens (tertiary/aromatic N) is 4. The molecule has 3 aromatic rings.